The number of pyridine rings is 1. The van der Waals surface area contributed by atoms with E-state index in [4.69, 9.17) is 0 Å². The van der Waals surface area contributed by atoms with Crippen molar-refractivity contribution < 1.29 is 0 Å². The SMILES string of the molecule is CNc1nc(Cc2ccncc2)nc(-n2ccnc2)n1. The average molecular weight is 267 g/mol. The van der Waals surface area contributed by atoms with E-state index in [9.17, 15) is 0 Å². The summed E-state index contributed by atoms with van der Waals surface area (Å²) < 4.78 is 1.75. The van der Waals surface area contributed by atoms with Crippen molar-refractivity contribution in [3.05, 3.63) is 54.6 Å². The van der Waals surface area contributed by atoms with E-state index in [1.807, 2.05) is 12.1 Å². The maximum Gasteiger partial charge on any atom is 0.239 e. The molecule has 0 radical (unpaired) electrons. The summed E-state index contributed by atoms with van der Waals surface area (Å²) in [6, 6.07) is 3.89. The fourth-order valence-corrected chi connectivity index (χ4v) is 1.77. The smallest absolute Gasteiger partial charge is 0.239 e. The molecule has 0 spiro atoms. The summed E-state index contributed by atoms with van der Waals surface area (Å²) in [6.45, 7) is 0. The molecule has 0 amide bonds. The molecule has 0 saturated carbocycles. The molecule has 0 aliphatic heterocycles. The summed E-state index contributed by atoms with van der Waals surface area (Å²) in [5.74, 6) is 1.78. The molecule has 3 rings (SSSR count). The van der Waals surface area contributed by atoms with Crippen molar-refractivity contribution in [3.63, 3.8) is 0 Å². The van der Waals surface area contributed by atoms with Crippen molar-refractivity contribution in [2.75, 3.05) is 12.4 Å². The molecule has 100 valence electrons. The average Bonchev–Trinajstić information content (AvgIpc) is 3.02. The molecule has 0 aliphatic rings. The Morgan fingerprint density at radius 3 is 2.60 bits per heavy atom. The molecule has 0 atom stereocenters. The Kier molecular flexibility index (Phi) is 3.32. The van der Waals surface area contributed by atoms with Crippen LogP contribution >= 0.6 is 0 Å². The third kappa shape index (κ3) is 2.61. The summed E-state index contributed by atoms with van der Waals surface area (Å²) in [5, 5.41) is 2.95. The van der Waals surface area contributed by atoms with Crippen LogP contribution < -0.4 is 5.32 Å². The minimum Gasteiger partial charge on any atom is -0.357 e. The first kappa shape index (κ1) is 12.2. The maximum atomic E-state index is 4.46. The van der Waals surface area contributed by atoms with Gasteiger partial charge in [0.15, 0.2) is 0 Å². The van der Waals surface area contributed by atoms with Crippen molar-refractivity contribution in [2.24, 2.45) is 0 Å². The van der Waals surface area contributed by atoms with Gasteiger partial charge < -0.3 is 5.32 Å². The molecule has 7 nitrogen and oxygen atoms in total. The minimum atomic E-state index is 0.535. The van der Waals surface area contributed by atoms with E-state index in [2.05, 4.69) is 30.2 Å². The van der Waals surface area contributed by atoms with E-state index < -0.39 is 0 Å². The lowest BCUT2D eigenvalue weighted by atomic mass is 10.2. The first-order chi connectivity index (χ1) is 9.85. The quantitative estimate of drug-likeness (QED) is 0.762. The second-order valence-corrected chi connectivity index (χ2v) is 4.13. The highest BCUT2D eigenvalue weighted by molar-refractivity contribution is 5.29. The number of rotatable bonds is 4. The van der Waals surface area contributed by atoms with E-state index in [-0.39, 0.29) is 0 Å². The molecule has 7 heteroatoms. The molecule has 0 bridgehead atoms. The Bertz CT molecular complexity index is 679. The standard InChI is InChI=1S/C13H13N7/c1-14-12-17-11(8-10-2-4-15-5-3-10)18-13(19-12)20-7-6-16-9-20/h2-7,9H,8H2,1H3,(H,14,17,18,19). The predicted octanol–water partition coefficient (Wildman–Crippen LogP) is 1.08. The van der Waals surface area contributed by atoms with Crippen molar-refractivity contribution >= 4 is 5.95 Å². The van der Waals surface area contributed by atoms with E-state index >= 15 is 0 Å². The molecule has 0 saturated heterocycles. The fourth-order valence-electron chi connectivity index (χ4n) is 1.77. The van der Waals surface area contributed by atoms with Gasteiger partial charge in [-0.05, 0) is 17.7 Å². The van der Waals surface area contributed by atoms with Crippen LogP contribution in [0.1, 0.15) is 11.4 Å². The second-order valence-electron chi connectivity index (χ2n) is 4.13. The molecule has 20 heavy (non-hydrogen) atoms. The lowest BCUT2D eigenvalue weighted by molar-refractivity contribution is 0.845. The van der Waals surface area contributed by atoms with Crippen LogP contribution in [-0.2, 0) is 6.42 Å². The normalized spacial score (nSPS) is 10.4. The van der Waals surface area contributed by atoms with Crippen LogP contribution in [0, 0.1) is 0 Å². The summed E-state index contributed by atoms with van der Waals surface area (Å²) in [7, 11) is 1.78. The van der Waals surface area contributed by atoms with Crippen LogP contribution in [0.5, 0.6) is 0 Å². The van der Waals surface area contributed by atoms with Crippen LogP contribution in [0.3, 0.4) is 0 Å². The number of imidazole rings is 1. The van der Waals surface area contributed by atoms with Crippen LogP contribution in [0.4, 0.5) is 5.95 Å². The van der Waals surface area contributed by atoms with E-state index in [1.54, 1.807) is 42.7 Å². The molecule has 3 heterocycles. The molecular formula is C13H13N7. The van der Waals surface area contributed by atoms with Crippen LogP contribution in [0.15, 0.2) is 43.2 Å². The minimum absolute atomic E-state index is 0.535. The van der Waals surface area contributed by atoms with Gasteiger partial charge >= 0.3 is 0 Å². The zero-order valence-electron chi connectivity index (χ0n) is 10.9. The van der Waals surface area contributed by atoms with Crippen LogP contribution in [0.25, 0.3) is 5.95 Å². The van der Waals surface area contributed by atoms with Crippen molar-refractivity contribution in [1.82, 2.24) is 29.5 Å². The van der Waals surface area contributed by atoms with Gasteiger partial charge in [-0.25, -0.2) is 4.98 Å². The lowest BCUT2D eigenvalue weighted by Gasteiger charge is -2.07. The molecule has 0 aromatic carbocycles. The Balaban J connectivity index is 1.96. The topological polar surface area (TPSA) is 81.4 Å². The summed E-state index contributed by atoms with van der Waals surface area (Å²) in [6.07, 6.45) is 9.28. The Morgan fingerprint density at radius 1 is 1.05 bits per heavy atom. The summed E-state index contributed by atoms with van der Waals surface area (Å²) >= 11 is 0. The highest BCUT2D eigenvalue weighted by Gasteiger charge is 2.07. The summed E-state index contributed by atoms with van der Waals surface area (Å²) in [5.41, 5.74) is 1.10. The van der Waals surface area contributed by atoms with Gasteiger partial charge in [0.05, 0.1) is 0 Å². The summed E-state index contributed by atoms with van der Waals surface area (Å²) in [4.78, 5) is 21.1. The van der Waals surface area contributed by atoms with Gasteiger partial charge in [0.25, 0.3) is 0 Å². The zero-order valence-corrected chi connectivity index (χ0v) is 10.9. The monoisotopic (exact) mass is 267 g/mol. The number of hydrogen-bond acceptors (Lipinski definition) is 6. The third-order valence-electron chi connectivity index (χ3n) is 2.74. The molecular weight excluding hydrogens is 254 g/mol. The van der Waals surface area contributed by atoms with E-state index in [0.29, 0.717) is 24.1 Å². The van der Waals surface area contributed by atoms with Gasteiger partial charge in [-0.15, -0.1) is 0 Å². The number of nitrogens with zero attached hydrogens (tertiary/aromatic N) is 6. The largest absolute Gasteiger partial charge is 0.357 e. The molecule has 3 aromatic rings. The molecule has 0 fully saturated rings. The first-order valence-corrected chi connectivity index (χ1v) is 6.15. The van der Waals surface area contributed by atoms with Crippen LogP contribution in [0.2, 0.25) is 0 Å². The number of anilines is 1. The van der Waals surface area contributed by atoms with Gasteiger partial charge in [-0.2, -0.15) is 15.0 Å². The highest BCUT2D eigenvalue weighted by atomic mass is 15.2. The van der Waals surface area contributed by atoms with Crippen LogP contribution in [-0.4, -0.2) is 36.5 Å². The van der Waals surface area contributed by atoms with Gasteiger partial charge in [-0.1, -0.05) is 0 Å². The van der Waals surface area contributed by atoms with Gasteiger partial charge in [0.2, 0.25) is 11.9 Å². The Hall–Kier alpha value is -2.83. The van der Waals surface area contributed by atoms with E-state index in [1.165, 1.54) is 0 Å². The fraction of sp³-hybridized carbons (Fsp3) is 0.154. The van der Waals surface area contributed by atoms with Gasteiger partial charge in [0.1, 0.15) is 12.2 Å². The number of hydrogen-bond donors (Lipinski definition) is 1. The lowest BCUT2D eigenvalue weighted by Crippen LogP contribution is -2.09. The zero-order chi connectivity index (χ0) is 13.8. The van der Waals surface area contributed by atoms with Gasteiger partial charge in [0, 0.05) is 38.3 Å². The van der Waals surface area contributed by atoms with Crippen molar-refractivity contribution in [2.45, 2.75) is 6.42 Å². The molecule has 0 aliphatic carbocycles. The molecule has 3 aromatic heterocycles. The highest BCUT2D eigenvalue weighted by Crippen LogP contribution is 2.09. The van der Waals surface area contributed by atoms with Crippen molar-refractivity contribution in [1.29, 1.82) is 0 Å². The second kappa shape index (κ2) is 5.43. The van der Waals surface area contributed by atoms with Gasteiger partial charge in [-0.3, -0.25) is 9.55 Å². The molecule has 1 N–H and O–H groups in total. The first-order valence-electron chi connectivity index (χ1n) is 6.15. The number of aromatic nitrogens is 6. The Morgan fingerprint density at radius 2 is 1.90 bits per heavy atom. The van der Waals surface area contributed by atoms with E-state index in [0.717, 1.165) is 5.56 Å². The predicted molar refractivity (Wildman–Crippen MR) is 73.5 cm³/mol. The maximum absolute atomic E-state index is 4.46. The Labute approximate surface area is 115 Å². The third-order valence-corrected chi connectivity index (χ3v) is 2.74. The van der Waals surface area contributed by atoms with Crippen molar-refractivity contribution in [3.8, 4) is 5.95 Å². The molecule has 0 unspecified atom stereocenters. The number of nitrogens with one attached hydrogen (secondary N) is 1.